The highest BCUT2D eigenvalue weighted by Crippen LogP contribution is 2.12. The fourth-order valence-corrected chi connectivity index (χ4v) is 1.92. The smallest absolute Gasteiger partial charge is 0.0527 e. The van der Waals surface area contributed by atoms with Crippen molar-refractivity contribution >= 4 is 11.8 Å². The first-order valence-electron chi connectivity index (χ1n) is 4.14. The summed E-state index contributed by atoms with van der Waals surface area (Å²) in [6.07, 6.45) is 3.89. The van der Waals surface area contributed by atoms with E-state index >= 15 is 0 Å². The molecule has 0 aromatic heterocycles. The number of rotatable bonds is 6. The maximum atomic E-state index is 3.27. The van der Waals surface area contributed by atoms with Gasteiger partial charge in [0, 0.05) is 0 Å². The highest BCUT2D eigenvalue weighted by atomic mass is 32.2. The average Bonchev–Trinajstić information content (AvgIpc) is 1.99. The largest absolute Gasteiger partial charge is 0.308 e. The van der Waals surface area contributed by atoms with Gasteiger partial charge in [-0.1, -0.05) is 20.3 Å². The predicted octanol–water partition coefficient (Wildman–Crippen LogP) is 2.48. The Labute approximate surface area is 69.0 Å². The minimum atomic E-state index is 0.673. The van der Waals surface area contributed by atoms with Gasteiger partial charge in [0.1, 0.15) is 0 Å². The number of hydrogen-bond acceptors (Lipinski definition) is 2. The van der Waals surface area contributed by atoms with Crippen LogP contribution in [0.25, 0.3) is 0 Å². The van der Waals surface area contributed by atoms with E-state index in [-0.39, 0.29) is 0 Å². The summed E-state index contributed by atoms with van der Waals surface area (Å²) < 4.78 is 0. The molecule has 0 bridgehead atoms. The molecule has 62 valence electrons. The van der Waals surface area contributed by atoms with Crippen LogP contribution in [0, 0.1) is 0 Å². The molecule has 0 spiro atoms. The van der Waals surface area contributed by atoms with Crippen LogP contribution in [-0.2, 0) is 0 Å². The first-order valence-corrected chi connectivity index (χ1v) is 5.18. The average molecular weight is 161 g/mol. The Hall–Kier alpha value is 0.310. The summed E-state index contributed by atoms with van der Waals surface area (Å²) in [6, 6.07) is 0. The van der Waals surface area contributed by atoms with E-state index in [1.807, 2.05) is 18.8 Å². The van der Waals surface area contributed by atoms with E-state index in [1.54, 1.807) is 0 Å². The van der Waals surface area contributed by atoms with E-state index in [2.05, 4.69) is 19.2 Å². The monoisotopic (exact) mass is 161 g/mol. The van der Waals surface area contributed by atoms with Crippen molar-refractivity contribution in [3.05, 3.63) is 0 Å². The molecule has 0 aromatic rings. The molecule has 0 amide bonds. The van der Waals surface area contributed by atoms with Crippen molar-refractivity contribution in [1.29, 1.82) is 0 Å². The van der Waals surface area contributed by atoms with Crippen LogP contribution in [0.15, 0.2) is 0 Å². The molecule has 2 heteroatoms. The molecule has 0 rings (SSSR count). The lowest BCUT2D eigenvalue weighted by Gasteiger charge is -2.11. The minimum absolute atomic E-state index is 0.673. The third-order valence-corrected chi connectivity index (χ3v) is 3.01. The van der Waals surface area contributed by atoms with Crippen molar-refractivity contribution in [2.75, 3.05) is 12.8 Å². The van der Waals surface area contributed by atoms with Crippen LogP contribution in [0.1, 0.15) is 33.1 Å². The molecule has 0 radical (unpaired) electrons. The number of nitrogens with one attached hydrogen (secondary N) is 1. The third-order valence-electron chi connectivity index (χ3n) is 1.51. The van der Waals surface area contributed by atoms with Crippen LogP contribution < -0.4 is 5.32 Å². The van der Waals surface area contributed by atoms with Crippen LogP contribution >= 0.6 is 11.8 Å². The maximum Gasteiger partial charge on any atom is 0.0527 e. The van der Waals surface area contributed by atoms with Crippen molar-refractivity contribution in [3.8, 4) is 0 Å². The lowest BCUT2D eigenvalue weighted by atomic mass is 10.4. The molecule has 0 fully saturated rings. The summed E-state index contributed by atoms with van der Waals surface area (Å²) >= 11 is 2.03. The first-order chi connectivity index (χ1) is 4.85. The van der Waals surface area contributed by atoms with Crippen LogP contribution in [0.3, 0.4) is 0 Å². The molecule has 0 heterocycles. The molecule has 0 aliphatic heterocycles. The van der Waals surface area contributed by atoms with Crippen molar-refractivity contribution in [3.63, 3.8) is 0 Å². The summed E-state index contributed by atoms with van der Waals surface area (Å²) in [6.45, 7) is 4.46. The van der Waals surface area contributed by atoms with Crippen molar-refractivity contribution in [1.82, 2.24) is 5.32 Å². The van der Waals surface area contributed by atoms with Gasteiger partial charge in [0.25, 0.3) is 0 Å². The van der Waals surface area contributed by atoms with E-state index in [4.69, 9.17) is 0 Å². The van der Waals surface area contributed by atoms with Crippen molar-refractivity contribution in [2.24, 2.45) is 0 Å². The molecule has 1 N–H and O–H groups in total. The number of hydrogen-bond donors (Lipinski definition) is 1. The Morgan fingerprint density at radius 1 is 1.40 bits per heavy atom. The molecule has 0 aliphatic carbocycles. The minimum Gasteiger partial charge on any atom is -0.308 e. The Morgan fingerprint density at radius 2 is 2.10 bits per heavy atom. The van der Waals surface area contributed by atoms with E-state index in [9.17, 15) is 0 Å². The summed E-state index contributed by atoms with van der Waals surface area (Å²) in [5, 5.41) is 3.95. The van der Waals surface area contributed by atoms with Crippen LogP contribution in [-0.4, -0.2) is 18.2 Å². The summed E-state index contributed by atoms with van der Waals surface area (Å²) in [5.74, 6) is 1.30. The molecule has 0 saturated heterocycles. The molecular weight excluding hydrogens is 142 g/mol. The van der Waals surface area contributed by atoms with Gasteiger partial charge in [-0.05, 0) is 25.6 Å². The normalized spacial score (nSPS) is 13.5. The van der Waals surface area contributed by atoms with Gasteiger partial charge in [-0.3, -0.25) is 0 Å². The van der Waals surface area contributed by atoms with Crippen molar-refractivity contribution in [2.45, 2.75) is 38.5 Å². The van der Waals surface area contributed by atoms with Gasteiger partial charge in [0.15, 0.2) is 0 Å². The van der Waals surface area contributed by atoms with E-state index in [0.717, 1.165) is 0 Å². The fraction of sp³-hybridized carbons (Fsp3) is 1.00. The maximum absolute atomic E-state index is 3.27. The zero-order chi connectivity index (χ0) is 7.82. The predicted molar refractivity (Wildman–Crippen MR) is 50.5 cm³/mol. The quantitative estimate of drug-likeness (QED) is 0.474. The van der Waals surface area contributed by atoms with Crippen LogP contribution in [0.2, 0.25) is 0 Å². The number of unbranched alkanes of at least 4 members (excludes halogenated alkanes) is 1. The zero-order valence-corrected chi connectivity index (χ0v) is 8.13. The van der Waals surface area contributed by atoms with Gasteiger partial charge in [-0.2, -0.15) is 0 Å². The molecule has 0 aliphatic rings. The molecule has 10 heavy (non-hydrogen) atoms. The Balaban J connectivity index is 3.09. The van der Waals surface area contributed by atoms with E-state index < -0.39 is 0 Å². The zero-order valence-electron chi connectivity index (χ0n) is 7.31. The molecule has 0 saturated carbocycles. The summed E-state index contributed by atoms with van der Waals surface area (Å²) in [7, 11) is 2.03. The van der Waals surface area contributed by atoms with Gasteiger partial charge in [-0.15, -0.1) is 11.8 Å². The topological polar surface area (TPSA) is 12.0 Å². The second-order valence-corrected chi connectivity index (χ2v) is 3.72. The third kappa shape index (κ3) is 5.12. The Morgan fingerprint density at radius 3 is 2.50 bits per heavy atom. The standard InChI is InChI=1S/C8H19NS/c1-4-6-7-10-8(5-2)9-3/h8-9H,4-7H2,1-3H3. The highest BCUT2D eigenvalue weighted by molar-refractivity contribution is 7.99. The summed E-state index contributed by atoms with van der Waals surface area (Å²) in [4.78, 5) is 0. The van der Waals surface area contributed by atoms with Gasteiger partial charge in [-0.25, -0.2) is 0 Å². The molecular formula is C8H19NS. The molecule has 0 aromatic carbocycles. The van der Waals surface area contributed by atoms with Crippen molar-refractivity contribution < 1.29 is 0 Å². The highest BCUT2D eigenvalue weighted by Gasteiger charge is 2.00. The SMILES string of the molecule is CCCCSC(CC)NC. The van der Waals surface area contributed by atoms with Crippen LogP contribution in [0.4, 0.5) is 0 Å². The molecule has 1 atom stereocenters. The van der Waals surface area contributed by atoms with Crippen LogP contribution in [0.5, 0.6) is 0 Å². The van der Waals surface area contributed by atoms with E-state index in [0.29, 0.717) is 5.37 Å². The second-order valence-electron chi connectivity index (χ2n) is 2.41. The van der Waals surface area contributed by atoms with Gasteiger partial charge in [0.05, 0.1) is 5.37 Å². The number of thioether (sulfide) groups is 1. The summed E-state index contributed by atoms with van der Waals surface area (Å²) in [5.41, 5.74) is 0. The first kappa shape index (κ1) is 10.3. The Bertz CT molecular complexity index is 62.3. The van der Waals surface area contributed by atoms with E-state index in [1.165, 1.54) is 25.0 Å². The molecule has 1 nitrogen and oxygen atoms in total. The molecule has 1 unspecified atom stereocenters. The second kappa shape index (κ2) is 7.42. The fourth-order valence-electron chi connectivity index (χ4n) is 0.775. The Kier molecular flexibility index (Phi) is 7.65. The van der Waals surface area contributed by atoms with Gasteiger partial charge in [0.2, 0.25) is 0 Å². The van der Waals surface area contributed by atoms with Gasteiger partial charge < -0.3 is 5.32 Å². The lowest BCUT2D eigenvalue weighted by molar-refractivity contribution is 0.715. The van der Waals surface area contributed by atoms with Gasteiger partial charge >= 0.3 is 0 Å². The lowest BCUT2D eigenvalue weighted by Crippen LogP contribution is -2.20.